The van der Waals surface area contributed by atoms with Crippen molar-refractivity contribution in [3.05, 3.63) is 29.8 Å². The molecule has 0 unspecified atom stereocenters. The van der Waals surface area contributed by atoms with Gasteiger partial charge in [-0.1, -0.05) is 25.5 Å². The summed E-state index contributed by atoms with van der Waals surface area (Å²) in [4.78, 5) is 25.8. The highest BCUT2D eigenvalue weighted by Crippen LogP contribution is 2.10. The summed E-state index contributed by atoms with van der Waals surface area (Å²) in [5.41, 5.74) is 3.79. The molecule has 0 spiro atoms. The van der Waals surface area contributed by atoms with Crippen LogP contribution in [0.4, 0.5) is 10.5 Å². The van der Waals surface area contributed by atoms with Crippen LogP contribution < -0.4 is 10.8 Å². The van der Waals surface area contributed by atoms with Crippen LogP contribution in [-0.4, -0.2) is 23.7 Å². The van der Waals surface area contributed by atoms with Gasteiger partial charge >= 0.3 is 12.0 Å². The average molecular weight is 252 g/mol. The van der Waals surface area contributed by atoms with Crippen LogP contribution in [-0.2, 0) is 16.1 Å². The van der Waals surface area contributed by atoms with Crippen molar-refractivity contribution >= 4 is 17.7 Å². The Balaban J connectivity index is 2.37. The molecular weight excluding hydrogens is 236 g/mol. The Morgan fingerprint density at radius 2 is 1.94 bits per heavy atom. The number of anilines is 1. The molecule has 98 valence electrons. The summed E-state index contributed by atoms with van der Waals surface area (Å²) in [5, 5.41) is 10.8. The third kappa shape index (κ3) is 5.31. The lowest BCUT2D eigenvalue weighted by molar-refractivity contribution is -0.143. The van der Waals surface area contributed by atoms with Crippen LogP contribution >= 0.6 is 0 Å². The molecule has 0 fully saturated rings. The molecule has 6 heteroatoms. The highest BCUT2D eigenvalue weighted by molar-refractivity contribution is 5.88. The second kappa shape index (κ2) is 7.29. The molecule has 2 amide bonds. The van der Waals surface area contributed by atoms with Gasteiger partial charge in [-0.2, -0.15) is 0 Å². The number of rotatable bonds is 6. The molecule has 0 aliphatic carbocycles. The maximum atomic E-state index is 11.3. The van der Waals surface area contributed by atoms with Crippen LogP contribution in [0.25, 0.3) is 0 Å². The van der Waals surface area contributed by atoms with E-state index in [1.165, 1.54) is 5.56 Å². The molecule has 3 N–H and O–H groups in total. The number of amides is 2. The van der Waals surface area contributed by atoms with E-state index in [-0.39, 0.29) is 0 Å². The fourth-order valence-corrected chi connectivity index (χ4v) is 1.36. The van der Waals surface area contributed by atoms with E-state index in [1.54, 1.807) is 12.1 Å². The van der Waals surface area contributed by atoms with Gasteiger partial charge in [0.25, 0.3) is 0 Å². The quantitative estimate of drug-likeness (QED) is 0.673. The number of carbonyl (C=O) groups is 2. The Bertz CT molecular complexity index is 403. The van der Waals surface area contributed by atoms with E-state index in [2.05, 4.69) is 17.1 Å². The van der Waals surface area contributed by atoms with Crippen molar-refractivity contribution in [3.63, 3.8) is 0 Å². The van der Waals surface area contributed by atoms with E-state index in [0.717, 1.165) is 12.8 Å². The molecule has 0 atom stereocenters. The minimum absolute atomic E-state index is 0.580. The van der Waals surface area contributed by atoms with Gasteiger partial charge in [0.2, 0.25) is 0 Å². The molecule has 6 nitrogen and oxygen atoms in total. The summed E-state index contributed by atoms with van der Waals surface area (Å²) in [6.07, 6.45) is 2.06. The predicted molar refractivity (Wildman–Crippen MR) is 66.2 cm³/mol. The third-order valence-corrected chi connectivity index (χ3v) is 2.11. The van der Waals surface area contributed by atoms with Crippen LogP contribution in [0.5, 0.6) is 0 Å². The fourth-order valence-electron chi connectivity index (χ4n) is 1.36. The minimum Gasteiger partial charge on any atom is -0.479 e. The number of hydroxylamine groups is 1. The number of aliphatic carboxylic acids is 1. The molecule has 0 radical (unpaired) electrons. The highest BCUT2D eigenvalue weighted by atomic mass is 16.7. The normalized spacial score (nSPS) is 9.83. The Kier molecular flexibility index (Phi) is 5.66. The lowest BCUT2D eigenvalue weighted by Gasteiger charge is -2.07. The lowest BCUT2D eigenvalue weighted by Crippen LogP contribution is -2.30. The molecular formula is C12H16N2O4. The van der Waals surface area contributed by atoms with Crippen molar-refractivity contribution in [1.82, 2.24) is 5.48 Å². The van der Waals surface area contributed by atoms with Crippen molar-refractivity contribution in [2.45, 2.75) is 19.8 Å². The van der Waals surface area contributed by atoms with Crippen LogP contribution in [0.3, 0.4) is 0 Å². The first-order chi connectivity index (χ1) is 8.61. The number of carboxylic acids is 1. The number of hydrogen-bond donors (Lipinski definition) is 3. The van der Waals surface area contributed by atoms with Gasteiger partial charge in [-0.3, -0.25) is 4.84 Å². The molecule has 1 rings (SSSR count). The van der Waals surface area contributed by atoms with Crippen molar-refractivity contribution < 1.29 is 19.5 Å². The molecule has 0 aromatic heterocycles. The summed E-state index contributed by atoms with van der Waals surface area (Å²) in [6, 6.07) is 6.80. The van der Waals surface area contributed by atoms with E-state index >= 15 is 0 Å². The topological polar surface area (TPSA) is 87.7 Å². The maximum Gasteiger partial charge on any atom is 0.343 e. The maximum absolute atomic E-state index is 11.3. The molecule has 1 aromatic rings. The van der Waals surface area contributed by atoms with Gasteiger partial charge in [0.15, 0.2) is 6.61 Å². The van der Waals surface area contributed by atoms with Gasteiger partial charge in [-0.05, 0) is 24.1 Å². The molecule has 1 aromatic carbocycles. The number of hydrogen-bond acceptors (Lipinski definition) is 3. The number of nitrogens with one attached hydrogen (secondary N) is 2. The van der Waals surface area contributed by atoms with Crippen molar-refractivity contribution in [1.29, 1.82) is 0 Å². The van der Waals surface area contributed by atoms with Crippen molar-refractivity contribution in [2.24, 2.45) is 0 Å². The molecule has 0 bridgehead atoms. The molecule has 0 aliphatic rings. The smallest absolute Gasteiger partial charge is 0.343 e. The third-order valence-electron chi connectivity index (χ3n) is 2.11. The van der Waals surface area contributed by atoms with E-state index in [0.29, 0.717) is 5.69 Å². The summed E-state index contributed by atoms with van der Waals surface area (Å²) < 4.78 is 0. The van der Waals surface area contributed by atoms with Crippen molar-refractivity contribution in [3.8, 4) is 0 Å². The Morgan fingerprint density at radius 3 is 2.50 bits per heavy atom. The second-order valence-corrected chi connectivity index (χ2v) is 3.69. The van der Waals surface area contributed by atoms with Crippen LogP contribution in [0, 0.1) is 0 Å². The first kappa shape index (κ1) is 14.0. The number of carboxylic acid groups (broad SMARTS) is 1. The van der Waals surface area contributed by atoms with Gasteiger partial charge in [0, 0.05) is 5.69 Å². The fraction of sp³-hybridized carbons (Fsp3) is 0.333. The van der Waals surface area contributed by atoms with Gasteiger partial charge in [-0.25, -0.2) is 15.1 Å². The Labute approximate surface area is 105 Å². The second-order valence-electron chi connectivity index (χ2n) is 3.69. The van der Waals surface area contributed by atoms with E-state index in [4.69, 9.17) is 5.11 Å². The number of aryl methyl sites for hydroxylation is 1. The molecule has 0 saturated carbocycles. The van der Waals surface area contributed by atoms with E-state index < -0.39 is 18.6 Å². The van der Waals surface area contributed by atoms with E-state index in [9.17, 15) is 9.59 Å². The SMILES string of the molecule is CCCc1ccc(NC(=O)NOCC(=O)O)cc1. The van der Waals surface area contributed by atoms with Gasteiger partial charge < -0.3 is 10.4 Å². The number of carbonyl (C=O) groups excluding carboxylic acids is 1. The summed E-state index contributed by atoms with van der Waals surface area (Å²) >= 11 is 0. The summed E-state index contributed by atoms with van der Waals surface area (Å²) in [5.74, 6) is -1.15. The van der Waals surface area contributed by atoms with Crippen LogP contribution in [0.2, 0.25) is 0 Å². The molecule has 0 heterocycles. The van der Waals surface area contributed by atoms with Gasteiger partial charge in [0.05, 0.1) is 0 Å². The first-order valence-corrected chi connectivity index (χ1v) is 5.61. The Hall–Kier alpha value is -2.08. The lowest BCUT2D eigenvalue weighted by atomic mass is 10.1. The summed E-state index contributed by atoms with van der Waals surface area (Å²) in [6.45, 7) is 1.52. The first-order valence-electron chi connectivity index (χ1n) is 5.61. The number of benzene rings is 1. The zero-order valence-corrected chi connectivity index (χ0v) is 10.1. The molecule has 0 saturated heterocycles. The molecule has 18 heavy (non-hydrogen) atoms. The predicted octanol–water partition coefficient (Wildman–Crippen LogP) is 1.78. The minimum atomic E-state index is -1.15. The van der Waals surface area contributed by atoms with Gasteiger partial charge in [-0.15, -0.1) is 0 Å². The number of urea groups is 1. The van der Waals surface area contributed by atoms with Crippen LogP contribution in [0.1, 0.15) is 18.9 Å². The van der Waals surface area contributed by atoms with Gasteiger partial charge in [0.1, 0.15) is 0 Å². The van der Waals surface area contributed by atoms with Crippen molar-refractivity contribution in [2.75, 3.05) is 11.9 Å². The summed E-state index contributed by atoms with van der Waals surface area (Å²) in [7, 11) is 0. The Morgan fingerprint density at radius 1 is 1.28 bits per heavy atom. The highest BCUT2D eigenvalue weighted by Gasteiger charge is 2.03. The molecule has 0 aliphatic heterocycles. The monoisotopic (exact) mass is 252 g/mol. The van der Waals surface area contributed by atoms with Crippen LogP contribution in [0.15, 0.2) is 24.3 Å². The zero-order chi connectivity index (χ0) is 13.4. The standard InChI is InChI=1S/C12H16N2O4/c1-2-3-9-4-6-10(7-5-9)13-12(17)14-18-8-11(15)16/h4-7H,2-3,8H2,1H3,(H,15,16)(H2,13,14,17). The largest absolute Gasteiger partial charge is 0.479 e. The van der Waals surface area contributed by atoms with E-state index in [1.807, 2.05) is 17.6 Å². The average Bonchev–Trinajstić information content (AvgIpc) is 2.31. The zero-order valence-electron chi connectivity index (χ0n) is 10.1.